The Balaban J connectivity index is 1.29. The molecule has 2 N–H and O–H groups in total. The van der Waals surface area contributed by atoms with E-state index in [0.717, 1.165) is 23.3 Å². The van der Waals surface area contributed by atoms with Crippen LogP contribution in [0.15, 0.2) is 59.7 Å². The Morgan fingerprint density at radius 2 is 1.97 bits per heavy atom. The minimum atomic E-state index is -0.383. The zero-order valence-corrected chi connectivity index (χ0v) is 17.5. The molecule has 1 saturated heterocycles. The average molecular weight is 422 g/mol. The monoisotopic (exact) mass is 421 g/mol. The van der Waals surface area contributed by atoms with Crippen LogP contribution >= 0.6 is 0 Å². The van der Waals surface area contributed by atoms with Gasteiger partial charge in [0.05, 0.1) is 12.6 Å². The van der Waals surface area contributed by atoms with Crippen LogP contribution in [0.5, 0.6) is 5.75 Å². The Bertz CT molecular complexity index is 932. The molecule has 2 amide bonds. The quantitative estimate of drug-likeness (QED) is 0.679. The molecule has 2 unspecified atom stereocenters. The van der Waals surface area contributed by atoms with Gasteiger partial charge in [-0.25, -0.2) is 10.4 Å². The van der Waals surface area contributed by atoms with E-state index in [1.165, 1.54) is 5.01 Å². The second kappa shape index (κ2) is 9.61. The summed E-state index contributed by atoms with van der Waals surface area (Å²) in [7, 11) is 0. The third-order valence-electron chi connectivity index (χ3n) is 5.42. The molecular formula is C23H27N5O3. The Hall–Kier alpha value is -3.39. The van der Waals surface area contributed by atoms with Crippen LogP contribution in [-0.2, 0) is 16.0 Å². The molecule has 2 aliphatic heterocycles. The van der Waals surface area contributed by atoms with Crippen molar-refractivity contribution in [2.75, 3.05) is 19.7 Å². The number of fused-ring (bicyclic) bond motifs is 1. The van der Waals surface area contributed by atoms with Crippen LogP contribution in [0.3, 0.4) is 0 Å². The van der Waals surface area contributed by atoms with Gasteiger partial charge in [-0.15, -0.1) is 0 Å². The van der Waals surface area contributed by atoms with Crippen molar-refractivity contribution in [3.05, 3.63) is 65.7 Å². The van der Waals surface area contributed by atoms with E-state index >= 15 is 0 Å². The molecule has 2 aromatic carbocycles. The van der Waals surface area contributed by atoms with Crippen LogP contribution in [-0.4, -0.2) is 53.9 Å². The normalized spacial score (nSPS) is 20.0. The van der Waals surface area contributed by atoms with Gasteiger partial charge in [-0.3, -0.25) is 14.6 Å². The maximum atomic E-state index is 12.9. The summed E-state index contributed by atoms with van der Waals surface area (Å²) in [6.45, 7) is 3.01. The van der Waals surface area contributed by atoms with Crippen molar-refractivity contribution < 1.29 is 14.3 Å². The lowest BCUT2D eigenvalue weighted by Crippen LogP contribution is -2.52. The molecule has 2 atom stereocenters. The van der Waals surface area contributed by atoms with Crippen molar-refractivity contribution in [2.24, 2.45) is 5.10 Å². The number of benzene rings is 2. The van der Waals surface area contributed by atoms with Gasteiger partial charge in [-0.1, -0.05) is 42.5 Å². The lowest BCUT2D eigenvalue weighted by Gasteiger charge is -2.29. The lowest BCUT2D eigenvalue weighted by atomic mass is 10.0. The summed E-state index contributed by atoms with van der Waals surface area (Å²) in [5, 5.41) is 10.0. The van der Waals surface area contributed by atoms with Crippen LogP contribution < -0.4 is 15.5 Å². The van der Waals surface area contributed by atoms with Gasteiger partial charge in [0.1, 0.15) is 24.7 Å². The highest BCUT2D eigenvalue weighted by Crippen LogP contribution is 2.30. The van der Waals surface area contributed by atoms with E-state index < -0.39 is 0 Å². The molecule has 0 bridgehead atoms. The Morgan fingerprint density at radius 1 is 1.19 bits per heavy atom. The van der Waals surface area contributed by atoms with Crippen molar-refractivity contribution in [3.8, 4) is 5.75 Å². The van der Waals surface area contributed by atoms with E-state index in [-0.39, 0.29) is 30.4 Å². The summed E-state index contributed by atoms with van der Waals surface area (Å²) in [5.41, 5.74) is 5.54. The number of hydrazine groups is 1. The standard InChI is InChI=1S/C23H27N5O3/c1-2-31-19-10-8-18(9-11-19)20-14-21-23(30)27(25-16-28(21)26-20)15-22(29)24-13-12-17-6-4-3-5-7-17/h3-11,16,20-21,26H,2,12-15H2,1H3,(H,24,29). The predicted octanol–water partition coefficient (Wildman–Crippen LogP) is 1.85. The topological polar surface area (TPSA) is 86.3 Å². The van der Waals surface area contributed by atoms with E-state index in [1.807, 2.05) is 61.5 Å². The highest BCUT2D eigenvalue weighted by Gasteiger charge is 2.41. The summed E-state index contributed by atoms with van der Waals surface area (Å²) >= 11 is 0. The third-order valence-corrected chi connectivity index (χ3v) is 5.42. The predicted molar refractivity (Wildman–Crippen MR) is 117 cm³/mol. The molecule has 8 nitrogen and oxygen atoms in total. The highest BCUT2D eigenvalue weighted by molar-refractivity contribution is 5.91. The van der Waals surface area contributed by atoms with E-state index in [2.05, 4.69) is 15.8 Å². The first kappa shape index (κ1) is 20.9. The minimum absolute atomic E-state index is 0.00396. The van der Waals surface area contributed by atoms with Gasteiger partial charge in [-0.05, 0) is 43.0 Å². The number of nitrogens with zero attached hydrogens (tertiary/aromatic N) is 3. The Labute approximate surface area is 181 Å². The molecule has 8 heteroatoms. The fourth-order valence-corrected chi connectivity index (χ4v) is 3.82. The van der Waals surface area contributed by atoms with Crippen LogP contribution in [0.25, 0.3) is 0 Å². The molecule has 1 fully saturated rings. The Morgan fingerprint density at radius 3 is 2.71 bits per heavy atom. The number of hydrogen-bond donors (Lipinski definition) is 2. The number of ether oxygens (including phenoxy) is 1. The van der Waals surface area contributed by atoms with Gasteiger partial charge in [-0.2, -0.15) is 5.10 Å². The summed E-state index contributed by atoms with van der Waals surface area (Å²) in [5.74, 6) is 0.426. The summed E-state index contributed by atoms with van der Waals surface area (Å²) in [6, 6.07) is 17.4. The number of rotatable bonds is 8. The molecule has 162 valence electrons. The minimum Gasteiger partial charge on any atom is -0.494 e. The number of hydrazone groups is 1. The lowest BCUT2D eigenvalue weighted by molar-refractivity contribution is -0.140. The largest absolute Gasteiger partial charge is 0.494 e. The van der Waals surface area contributed by atoms with Crippen molar-refractivity contribution in [1.29, 1.82) is 0 Å². The van der Waals surface area contributed by atoms with E-state index in [4.69, 9.17) is 4.74 Å². The molecule has 0 saturated carbocycles. The first-order valence-corrected chi connectivity index (χ1v) is 10.6. The first-order chi connectivity index (χ1) is 15.1. The van der Waals surface area contributed by atoms with Gasteiger partial charge in [0.25, 0.3) is 5.91 Å². The second-order valence-electron chi connectivity index (χ2n) is 7.55. The van der Waals surface area contributed by atoms with Crippen LogP contribution in [0.1, 0.15) is 30.5 Å². The number of hydrogen-bond acceptors (Lipinski definition) is 6. The zero-order chi connectivity index (χ0) is 21.6. The van der Waals surface area contributed by atoms with E-state index in [0.29, 0.717) is 19.6 Å². The van der Waals surface area contributed by atoms with Gasteiger partial charge in [0, 0.05) is 6.54 Å². The fraction of sp³-hybridized carbons (Fsp3) is 0.348. The van der Waals surface area contributed by atoms with Crippen molar-refractivity contribution in [2.45, 2.75) is 31.8 Å². The van der Waals surface area contributed by atoms with Gasteiger partial charge < -0.3 is 10.1 Å². The van der Waals surface area contributed by atoms with Gasteiger partial charge in [0.15, 0.2) is 0 Å². The molecule has 2 aliphatic rings. The molecule has 4 rings (SSSR count). The molecule has 0 radical (unpaired) electrons. The van der Waals surface area contributed by atoms with Crippen LogP contribution in [0.2, 0.25) is 0 Å². The van der Waals surface area contributed by atoms with E-state index in [9.17, 15) is 9.59 Å². The van der Waals surface area contributed by atoms with Crippen molar-refractivity contribution in [3.63, 3.8) is 0 Å². The summed E-state index contributed by atoms with van der Waals surface area (Å²) < 4.78 is 5.49. The smallest absolute Gasteiger partial charge is 0.267 e. The van der Waals surface area contributed by atoms with Crippen molar-refractivity contribution in [1.82, 2.24) is 20.8 Å². The summed E-state index contributed by atoms with van der Waals surface area (Å²) in [6.07, 6.45) is 2.93. The molecule has 0 spiro atoms. The Kier molecular flexibility index (Phi) is 6.47. The average Bonchev–Trinajstić information content (AvgIpc) is 3.22. The molecule has 0 aliphatic carbocycles. The summed E-state index contributed by atoms with van der Waals surface area (Å²) in [4.78, 5) is 25.2. The second-order valence-corrected chi connectivity index (χ2v) is 7.55. The number of carbonyl (C=O) groups is 2. The van der Waals surface area contributed by atoms with Gasteiger partial charge >= 0.3 is 0 Å². The maximum Gasteiger partial charge on any atom is 0.267 e. The molecular weight excluding hydrogens is 394 g/mol. The fourth-order valence-electron chi connectivity index (χ4n) is 3.82. The highest BCUT2D eigenvalue weighted by atomic mass is 16.5. The number of nitrogens with one attached hydrogen (secondary N) is 2. The van der Waals surface area contributed by atoms with E-state index in [1.54, 1.807) is 11.3 Å². The zero-order valence-electron chi connectivity index (χ0n) is 17.5. The number of carbonyl (C=O) groups excluding carboxylic acids is 2. The van der Waals surface area contributed by atoms with Crippen molar-refractivity contribution >= 4 is 18.2 Å². The first-order valence-electron chi connectivity index (χ1n) is 10.6. The SMILES string of the molecule is CCOc1ccc(C2CC3C(=O)N(CC(=O)NCCc4ccccc4)N=CN3N2)cc1. The van der Waals surface area contributed by atoms with Crippen LogP contribution in [0, 0.1) is 0 Å². The van der Waals surface area contributed by atoms with Gasteiger partial charge in [0.2, 0.25) is 5.91 Å². The maximum absolute atomic E-state index is 12.9. The molecule has 2 heterocycles. The molecule has 0 aromatic heterocycles. The number of amides is 2. The molecule has 31 heavy (non-hydrogen) atoms. The molecule has 2 aromatic rings. The van der Waals surface area contributed by atoms with Crippen LogP contribution in [0.4, 0.5) is 0 Å². The third kappa shape index (κ3) is 5.03.